The highest BCUT2D eigenvalue weighted by atomic mass is 19.1. The molecule has 21 heavy (non-hydrogen) atoms. The summed E-state index contributed by atoms with van der Waals surface area (Å²) in [7, 11) is 0. The van der Waals surface area contributed by atoms with Gasteiger partial charge in [-0.15, -0.1) is 0 Å². The molecule has 0 aromatic heterocycles. The van der Waals surface area contributed by atoms with Crippen molar-refractivity contribution in [3.63, 3.8) is 0 Å². The lowest BCUT2D eigenvalue weighted by molar-refractivity contribution is 0.0341. The Morgan fingerprint density at radius 2 is 2.24 bits per heavy atom. The van der Waals surface area contributed by atoms with Crippen LogP contribution in [0.2, 0.25) is 0 Å². The molecule has 1 aromatic carbocycles. The maximum absolute atomic E-state index is 14.3. The Morgan fingerprint density at radius 3 is 2.90 bits per heavy atom. The number of nitrogen functional groups attached to an aromatic ring is 1. The number of benzene rings is 1. The smallest absolute Gasteiger partial charge is 0.340 e. The number of hydrogen-bond donors (Lipinski definition) is 1. The van der Waals surface area contributed by atoms with Crippen LogP contribution in [0.1, 0.15) is 31.1 Å². The van der Waals surface area contributed by atoms with Crippen molar-refractivity contribution in [2.24, 2.45) is 0 Å². The van der Waals surface area contributed by atoms with E-state index in [9.17, 15) is 9.18 Å². The molecular weight excluding hydrogens is 275 g/mol. The molecule has 2 rings (SSSR count). The van der Waals surface area contributed by atoms with Crippen LogP contribution >= 0.6 is 0 Å². The third kappa shape index (κ3) is 3.26. The van der Waals surface area contributed by atoms with E-state index in [2.05, 4.69) is 0 Å². The highest BCUT2D eigenvalue weighted by Crippen LogP contribution is 2.29. The number of carbonyl (C=O) groups is 1. The van der Waals surface area contributed by atoms with Gasteiger partial charge >= 0.3 is 5.97 Å². The van der Waals surface area contributed by atoms with Gasteiger partial charge in [-0.05, 0) is 32.9 Å². The van der Waals surface area contributed by atoms with Crippen molar-refractivity contribution >= 4 is 17.3 Å². The summed E-state index contributed by atoms with van der Waals surface area (Å²) >= 11 is 0. The predicted molar refractivity (Wildman–Crippen MR) is 79.0 cm³/mol. The van der Waals surface area contributed by atoms with Crippen molar-refractivity contribution in [2.45, 2.75) is 32.9 Å². The summed E-state index contributed by atoms with van der Waals surface area (Å²) in [6, 6.07) is 2.67. The SMILES string of the molecule is CCOC(=O)c1cc(N2CC(C)OCC2C)c(F)cc1N. The average Bonchev–Trinajstić information content (AvgIpc) is 2.42. The van der Waals surface area contributed by atoms with E-state index in [0.717, 1.165) is 0 Å². The largest absolute Gasteiger partial charge is 0.462 e. The number of esters is 1. The van der Waals surface area contributed by atoms with Crippen LogP contribution in [0.15, 0.2) is 12.1 Å². The Hall–Kier alpha value is -1.82. The van der Waals surface area contributed by atoms with Gasteiger partial charge in [0.25, 0.3) is 0 Å². The summed E-state index contributed by atoms with van der Waals surface area (Å²) < 4.78 is 24.7. The number of nitrogens with two attached hydrogens (primary N) is 1. The van der Waals surface area contributed by atoms with E-state index in [1.807, 2.05) is 18.7 Å². The summed E-state index contributed by atoms with van der Waals surface area (Å²) in [5, 5.41) is 0. The second kappa shape index (κ2) is 6.30. The molecule has 5 nitrogen and oxygen atoms in total. The average molecular weight is 296 g/mol. The summed E-state index contributed by atoms with van der Waals surface area (Å²) in [5.41, 5.74) is 6.37. The van der Waals surface area contributed by atoms with Gasteiger partial charge in [0.05, 0.1) is 30.6 Å². The second-order valence-corrected chi connectivity index (χ2v) is 5.26. The molecule has 1 aromatic rings. The summed E-state index contributed by atoms with van der Waals surface area (Å²) in [5.74, 6) is -0.980. The van der Waals surface area contributed by atoms with Gasteiger partial charge in [-0.2, -0.15) is 0 Å². The van der Waals surface area contributed by atoms with Gasteiger partial charge < -0.3 is 20.1 Å². The Labute approximate surface area is 123 Å². The summed E-state index contributed by atoms with van der Waals surface area (Å²) in [6.07, 6.45) is 0.00389. The monoisotopic (exact) mass is 296 g/mol. The molecule has 1 saturated heterocycles. The van der Waals surface area contributed by atoms with Gasteiger partial charge in [0.15, 0.2) is 0 Å². The van der Waals surface area contributed by atoms with E-state index in [1.165, 1.54) is 12.1 Å². The molecule has 0 radical (unpaired) electrons. The minimum Gasteiger partial charge on any atom is -0.462 e. The number of halogens is 1. The van der Waals surface area contributed by atoms with Crippen LogP contribution in [0.25, 0.3) is 0 Å². The van der Waals surface area contributed by atoms with Crippen LogP contribution < -0.4 is 10.6 Å². The molecule has 2 unspecified atom stereocenters. The molecule has 2 N–H and O–H groups in total. The van der Waals surface area contributed by atoms with Crippen LogP contribution in [-0.4, -0.2) is 37.9 Å². The highest BCUT2D eigenvalue weighted by molar-refractivity contribution is 5.96. The zero-order chi connectivity index (χ0) is 15.6. The number of anilines is 2. The molecule has 1 heterocycles. The third-order valence-electron chi connectivity index (χ3n) is 3.53. The number of hydrogen-bond acceptors (Lipinski definition) is 5. The Morgan fingerprint density at radius 1 is 1.52 bits per heavy atom. The Bertz CT molecular complexity index is 536. The standard InChI is InChI=1S/C15H21FN2O3/c1-4-20-15(19)11-5-14(12(16)6-13(11)17)18-7-10(3)21-8-9(18)2/h5-6,9-10H,4,7-8,17H2,1-3H3. The fourth-order valence-corrected chi connectivity index (χ4v) is 2.42. The Kier molecular flexibility index (Phi) is 4.67. The Balaban J connectivity index is 2.38. The quantitative estimate of drug-likeness (QED) is 0.684. The van der Waals surface area contributed by atoms with E-state index < -0.39 is 11.8 Å². The van der Waals surface area contributed by atoms with Gasteiger partial charge in [0, 0.05) is 18.3 Å². The molecule has 0 bridgehead atoms. The van der Waals surface area contributed by atoms with Crippen LogP contribution in [0.5, 0.6) is 0 Å². The fraction of sp³-hybridized carbons (Fsp3) is 0.533. The first kappa shape index (κ1) is 15.6. The van der Waals surface area contributed by atoms with Crippen molar-refractivity contribution in [2.75, 3.05) is 30.4 Å². The van der Waals surface area contributed by atoms with Crippen molar-refractivity contribution in [1.82, 2.24) is 0 Å². The van der Waals surface area contributed by atoms with Gasteiger partial charge in [0.2, 0.25) is 0 Å². The zero-order valence-corrected chi connectivity index (χ0v) is 12.6. The molecule has 0 amide bonds. The first-order chi connectivity index (χ1) is 9.93. The maximum Gasteiger partial charge on any atom is 0.340 e. The lowest BCUT2D eigenvalue weighted by Crippen LogP contribution is -2.47. The van der Waals surface area contributed by atoms with Crippen LogP contribution in [0.4, 0.5) is 15.8 Å². The maximum atomic E-state index is 14.3. The van der Waals surface area contributed by atoms with Gasteiger partial charge in [0.1, 0.15) is 5.82 Å². The third-order valence-corrected chi connectivity index (χ3v) is 3.53. The van der Waals surface area contributed by atoms with E-state index in [0.29, 0.717) is 18.8 Å². The minimum absolute atomic E-state index is 0.00389. The van der Waals surface area contributed by atoms with Crippen LogP contribution in [0.3, 0.4) is 0 Å². The normalized spacial score (nSPS) is 22.2. The fourth-order valence-electron chi connectivity index (χ4n) is 2.42. The van der Waals surface area contributed by atoms with Crippen molar-refractivity contribution in [1.29, 1.82) is 0 Å². The molecule has 0 aliphatic carbocycles. The summed E-state index contributed by atoms with van der Waals surface area (Å²) in [4.78, 5) is 13.8. The molecule has 0 saturated carbocycles. The first-order valence-electron chi connectivity index (χ1n) is 7.08. The van der Waals surface area contributed by atoms with Crippen LogP contribution in [0, 0.1) is 5.82 Å². The van der Waals surface area contributed by atoms with Crippen molar-refractivity contribution < 1.29 is 18.7 Å². The highest BCUT2D eigenvalue weighted by Gasteiger charge is 2.27. The van der Waals surface area contributed by atoms with E-state index >= 15 is 0 Å². The predicted octanol–water partition coefficient (Wildman–Crippen LogP) is 2.20. The topological polar surface area (TPSA) is 64.8 Å². The molecule has 1 fully saturated rings. The number of nitrogens with zero attached hydrogens (tertiary/aromatic N) is 1. The molecule has 1 aliphatic heterocycles. The van der Waals surface area contributed by atoms with E-state index in [4.69, 9.17) is 15.2 Å². The molecule has 2 atom stereocenters. The molecular formula is C15H21FN2O3. The second-order valence-electron chi connectivity index (χ2n) is 5.26. The van der Waals surface area contributed by atoms with Crippen LogP contribution in [-0.2, 0) is 9.47 Å². The lowest BCUT2D eigenvalue weighted by atomic mass is 10.1. The van der Waals surface area contributed by atoms with Gasteiger partial charge in [-0.3, -0.25) is 0 Å². The zero-order valence-electron chi connectivity index (χ0n) is 12.6. The van der Waals surface area contributed by atoms with Gasteiger partial charge in [-0.25, -0.2) is 9.18 Å². The number of ether oxygens (including phenoxy) is 2. The molecule has 1 aliphatic rings. The lowest BCUT2D eigenvalue weighted by Gasteiger charge is -2.38. The van der Waals surface area contributed by atoms with E-state index in [-0.39, 0.29) is 30.0 Å². The molecule has 116 valence electrons. The van der Waals surface area contributed by atoms with Gasteiger partial charge in [-0.1, -0.05) is 0 Å². The number of carbonyl (C=O) groups excluding carboxylic acids is 1. The molecule has 6 heteroatoms. The van der Waals surface area contributed by atoms with E-state index in [1.54, 1.807) is 6.92 Å². The summed E-state index contributed by atoms with van der Waals surface area (Å²) in [6.45, 7) is 6.91. The van der Waals surface area contributed by atoms with Crippen molar-refractivity contribution in [3.05, 3.63) is 23.5 Å². The number of morpholine rings is 1. The molecule has 0 spiro atoms. The number of rotatable bonds is 3. The first-order valence-corrected chi connectivity index (χ1v) is 7.08. The van der Waals surface area contributed by atoms with Crippen molar-refractivity contribution in [3.8, 4) is 0 Å². The minimum atomic E-state index is -0.537.